The Kier molecular flexibility index (Phi) is 5.27. The van der Waals surface area contributed by atoms with Crippen molar-refractivity contribution in [2.24, 2.45) is 0 Å². The van der Waals surface area contributed by atoms with Crippen molar-refractivity contribution in [2.45, 2.75) is 13.1 Å². The summed E-state index contributed by atoms with van der Waals surface area (Å²) in [6.07, 6.45) is 0. The van der Waals surface area contributed by atoms with Gasteiger partial charge in [-0.25, -0.2) is 9.18 Å². The molecule has 1 N–H and O–H groups in total. The van der Waals surface area contributed by atoms with E-state index in [0.29, 0.717) is 20.4 Å². The minimum atomic E-state index is -1.21. The molecule has 0 aliphatic heterocycles. The van der Waals surface area contributed by atoms with Crippen molar-refractivity contribution in [3.05, 3.63) is 72.4 Å². The van der Waals surface area contributed by atoms with E-state index in [1.54, 1.807) is 30.3 Å². The van der Waals surface area contributed by atoms with Gasteiger partial charge in [0.1, 0.15) is 17.0 Å². The summed E-state index contributed by atoms with van der Waals surface area (Å²) in [4.78, 5) is 24.0. The highest BCUT2D eigenvalue weighted by molar-refractivity contribution is 9.10. The lowest BCUT2D eigenvalue weighted by molar-refractivity contribution is -0.137. The maximum absolute atomic E-state index is 14.2. The van der Waals surface area contributed by atoms with Gasteiger partial charge in [0.05, 0.1) is 12.1 Å². The van der Waals surface area contributed by atoms with Crippen molar-refractivity contribution in [3.8, 4) is 0 Å². The molecule has 1 aromatic heterocycles. The van der Waals surface area contributed by atoms with E-state index in [2.05, 4.69) is 15.9 Å². The third-order valence-electron chi connectivity index (χ3n) is 3.82. The van der Waals surface area contributed by atoms with E-state index in [0.717, 1.165) is 4.57 Å². The predicted octanol–water partition coefficient (Wildman–Crippen LogP) is 4.22. The zero-order valence-corrected chi connectivity index (χ0v) is 16.2. The third-order valence-corrected chi connectivity index (χ3v) is 4.99. The van der Waals surface area contributed by atoms with E-state index in [-0.39, 0.29) is 16.7 Å². The molecule has 0 spiro atoms. The molecule has 5 nitrogen and oxygen atoms in total. The Morgan fingerprint density at radius 2 is 1.96 bits per heavy atom. The number of nitrogens with zero attached hydrogens (tertiary/aromatic N) is 2. The molecule has 26 heavy (non-hydrogen) atoms. The Hall–Kier alpha value is -2.03. The molecule has 0 amide bonds. The van der Waals surface area contributed by atoms with Crippen molar-refractivity contribution < 1.29 is 14.3 Å². The number of fused-ring (bicyclic) bond motifs is 1. The van der Waals surface area contributed by atoms with Gasteiger partial charge in [-0.1, -0.05) is 45.8 Å². The van der Waals surface area contributed by atoms with Crippen LogP contribution in [0.15, 0.2) is 45.7 Å². The van der Waals surface area contributed by atoms with Gasteiger partial charge in [0.15, 0.2) is 0 Å². The van der Waals surface area contributed by atoms with Crippen molar-refractivity contribution in [1.29, 1.82) is 0 Å². The molecule has 1 heterocycles. The van der Waals surface area contributed by atoms with E-state index < -0.39 is 24.0 Å². The van der Waals surface area contributed by atoms with Crippen LogP contribution in [0.4, 0.5) is 4.39 Å². The van der Waals surface area contributed by atoms with Gasteiger partial charge in [0, 0.05) is 20.4 Å². The van der Waals surface area contributed by atoms with Crippen molar-refractivity contribution in [1.82, 2.24) is 9.13 Å². The van der Waals surface area contributed by atoms with E-state index in [4.69, 9.17) is 28.9 Å². The molecule has 3 rings (SSSR count). The molecular formula is C17H11BrClFN2O3S. The van der Waals surface area contributed by atoms with Gasteiger partial charge in [0.2, 0.25) is 0 Å². The molecule has 3 aromatic rings. The van der Waals surface area contributed by atoms with Gasteiger partial charge in [-0.05, 0) is 30.3 Å². The number of hydrogen-bond acceptors (Lipinski definition) is 3. The molecule has 0 aliphatic carbocycles. The van der Waals surface area contributed by atoms with Crippen LogP contribution in [0.2, 0.25) is 5.02 Å². The molecule has 0 fully saturated rings. The van der Waals surface area contributed by atoms with Gasteiger partial charge in [-0.2, -0.15) is 0 Å². The number of halogens is 3. The fraction of sp³-hybridized carbons (Fsp3) is 0.118. The van der Waals surface area contributed by atoms with E-state index in [1.165, 1.54) is 10.6 Å². The highest BCUT2D eigenvalue weighted by Gasteiger charge is 2.15. The maximum Gasteiger partial charge on any atom is 0.330 e. The molecule has 0 atom stereocenters. The zero-order valence-electron chi connectivity index (χ0n) is 13.1. The fourth-order valence-corrected chi connectivity index (χ4v) is 3.46. The monoisotopic (exact) mass is 456 g/mol. The second kappa shape index (κ2) is 7.30. The normalized spacial score (nSPS) is 11.0. The lowest BCUT2D eigenvalue weighted by Gasteiger charge is -2.15. The molecule has 0 bridgehead atoms. The van der Waals surface area contributed by atoms with Crippen LogP contribution in [0, 0.1) is 10.5 Å². The second-order valence-electron chi connectivity index (χ2n) is 5.55. The summed E-state index contributed by atoms with van der Waals surface area (Å²) in [6.45, 7) is -0.672. The van der Waals surface area contributed by atoms with E-state index in [1.807, 2.05) is 0 Å². The van der Waals surface area contributed by atoms with Crippen LogP contribution in [-0.2, 0) is 17.9 Å². The van der Waals surface area contributed by atoms with E-state index >= 15 is 0 Å². The largest absolute Gasteiger partial charge is 0.480 e. The highest BCUT2D eigenvalue weighted by Crippen LogP contribution is 2.22. The Bertz CT molecular complexity index is 1160. The summed E-state index contributed by atoms with van der Waals surface area (Å²) in [7, 11) is 0. The Morgan fingerprint density at radius 3 is 2.62 bits per heavy atom. The lowest BCUT2D eigenvalue weighted by atomic mass is 10.2. The predicted molar refractivity (Wildman–Crippen MR) is 103 cm³/mol. The Morgan fingerprint density at radius 1 is 1.23 bits per heavy atom. The molecule has 0 radical (unpaired) electrons. The smallest absolute Gasteiger partial charge is 0.330 e. The van der Waals surface area contributed by atoms with Gasteiger partial charge in [-0.3, -0.25) is 13.9 Å². The first-order valence-corrected chi connectivity index (χ1v) is 8.94. The number of carbonyl (C=O) groups is 1. The molecule has 2 aromatic carbocycles. The Labute approximate surface area is 165 Å². The average molecular weight is 458 g/mol. The number of aliphatic carboxylic acids is 1. The van der Waals surface area contributed by atoms with Gasteiger partial charge in [0.25, 0.3) is 0 Å². The minimum absolute atomic E-state index is 0.0717. The topological polar surface area (TPSA) is 64.2 Å². The molecule has 0 unspecified atom stereocenters. The summed E-state index contributed by atoms with van der Waals surface area (Å²) < 4.78 is 17.1. The number of benzene rings is 2. The molecular weight excluding hydrogens is 447 g/mol. The van der Waals surface area contributed by atoms with Crippen molar-refractivity contribution in [3.63, 3.8) is 0 Å². The number of carboxylic acids is 1. The molecule has 0 saturated carbocycles. The summed E-state index contributed by atoms with van der Waals surface area (Å²) in [5, 5.41) is 9.94. The summed E-state index contributed by atoms with van der Waals surface area (Å²) in [6, 6.07) is 9.27. The van der Waals surface area contributed by atoms with Crippen LogP contribution in [0.1, 0.15) is 5.56 Å². The quantitative estimate of drug-likeness (QED) is 0.596. The van der Waals surface area contributed by atoms with Gasteiger partial charge < -0.3 is 5.11 Å². The van der Waals surface area contributed by atoms with Crippen LogP contribution in [-0.4, -0.2) is 20.2 Å². The third kappa shape index (κ3) is 3.58. The molecule has 134 valence electrons. The number of rotatable bonds is 4. The van der Waals surface area contributed by atoms with E-state index in [9.17, 15) is 14.0 Å². The number of hydrogen-bond donors (Lipinski definition) is 1. The Balaban J connectivity index is 2.31. The fourth-order valence-electron chi connectivity index (χ4n) is 2.64. The summed E-state index contributed by atoms with van der Waals surface area (Å²) in [5.74, 6) is -1.69. The standard InChI is InChI=1S/C17H11BrClFN2O3S/c18-10-2-1-9(13(20)5-10)7-21-14-4-3-11(19)6-12(14)16(26)22(17(21)25)8-15(23)24/h1-6H,7-8H2,(H,23,24). The van der Waals surface area contributed by atoms with Crippen LogP contribution in [0.5, 0.6) is 0 Å². The molecule has 0 aliphatic rings. The molecule has 0 saturated heterocycles. The minimum Gasteiger partial charge on any atom is -0.480 e. The van der Waals surface area contributed by atoms with Crippen LogP contribution >= 0.6 is 39.7 Å². The first-order chi connectivity index (χ1) is 12.3. The number of aromatic nitrogens is 2. The molecule has 9 heteroatoms. The first kappa shape index (κ1) is 18.8. The average Bonchev–Trinajstić information content (AvgIpc) is 2.57. The SMILES string of the molecule is O=C(O)Cn1c(=S)c2cc(Cl)ccc2n(Cc2ccc(Br)cc2F)c1=O. The van der Waals surface area contributed by atoms with Crippen LogP contribution in [0.25, 0.3) is 10.9 Å². The van der Waals surface area contributed by atoms with Crippen molar-refractivity contribution >= 4 is 56.6 Å². The van der Waals surface area contributed by atoms with Crippen LogP contribution in [0.3, 0.4) is 0 Å². The first-order valence-electron chi connectivity index (χ1n) is 7.36. The van der Waals surface area contributed by atoms with Gasteiger partial charge in [-0.15, -0.1) is 0 Å². The second-order valence-corrected chi connectivity index (χ2v) is 7.29. The lowest BCUT2D eigenvalue weighted by Crippen LogP contribution is -2.34. The number of carboxylic acid groups (broad SMARTS) is 1. The maximum atomic E-state index is 14.2. The van der Waals surface area contributed by atoms with Gasteiger partial charge >= 0.3 is 11.7 Å². The zero-order chi connectivity index (χ0) is 19.0. The van der Waals surface area contributed by atoms with Crippen molar-refractivity contribution in [2.75, 3.05) is 0 Å². The summed E-state index contributed by atoms with van der Waals surface area (Å²) >= 11 is 14.5. The van der Waals surface area contributed by atoms with Crippen LogP contribution < -0.4 is 5.69 Å². The highest BCUT2D eigenvalue weighted by atomic mass is 79.9. The summed E-state index contributed by atoms with van der Waals surface area (Å²) in [5.41, 5.74) is 0.105.